The molecule has 0 aromatic heterocycles. The summed E-state index contributed by atoms with van der Waals surface area (Å²) >= 11 is 0.634. The van der Waals surface area contributed by atoms with Crippen molar-refractivity contribution in [2.75, 3.05) is 0 Å². The van der Waals surface area contributed by atoms with Crippen molar-refractivity contribution in [3.05, 3.63) is 58.1 Å². The number of halogens is 3. The molecule has 0 heterocycles. The van der Waals surface area contributed by atoms with E-state index in [9.17, 15) is 27.6 Å². The molecule has 1 rings (SSSR count). The summed E-state index contributed by atoms with van der Waals surface area (Å²) in [5, 5.41) is 4.12. The topological polar surface area (TPSA) is 127 Å². The number of rotatable bonds is 6. The zero-order valence-electron chi connectivity index (χ0n) is 12.5. The Morgan fingerprint density at radius 3 is 2.32 bits per heavy atom. The number of primary amides is 2. The first-order valence-corrected chi connectivity index (χ1v) is 7.23. The molecule has 0 aliphatic rings. The molecule has 1 aromatic rings. The fourth-order valence-corrected chi connectivity index (χ4v) is 2.27. The molecule has 25 heavy (non-hydrogen) atoms. The Kier molecular flexibility index (Phi) is 6.62. The van der Waals surface area contributed by atoms with Gasteiger partial charge in [-0.25, -0.2) is 4.79 Å². The van der Waals surface area contributed by atoms with Gasteiger partial charge in [-0.05, 0) is 18.2 Å². The second kappa shape index (κ2) is 8.24. The Morgan fingerprint density at radius 2 is 1.80 bits per heavy atom. The Balaban J connectivity index is 2.84. The molecule has 6 N–H and O–H groups in total. The van der Waals surface area contributed by atoms with Gasteiger partial charge in [0.2, 0.25) is 5.91 Å². The van der Waals surface area contributed by atoms with Crippen LogP contribution < -0.4 is 22.1 Å². The second-order valence-electron chi connectivity index (χ2n) is 4.46. The van der Waals surface area contributed by atoms with E-state index in [0.717, 1.165) is 18.2 Å². The fraction of sp³-hybridized carbons (Fsp3) is 0.0714. The molecule has 0 spiro atoms. The average Bonchev–Trinajstić information content (AvgIpc) is 2.44. The number of urea groups is 1. The predicted molar refractivity (Wildman–Crippen MR) is 85.6 cm³/mol. The average molecular weight is 374 g/mol. The van der Waals surface area contributed by atoms with Gasteiger partial charge in [-0.1, -0.05) is 24.4 Å². The Hall–Kier alpha value is -2.95. The van der Waals surface area contributed by atoms with Gasteiger partial charge in [0.05, 0.1) is 15.6 Å². The van der Waals surface area contributed by atoms with E-state index >= 15 is 0 Å². The van der Waals surface area contributed by atoms with E-state index in [0.29, 0.717) is 17.8 Å². The minimum atomic E-state index is -4.59. The normalized spacial score (nSPS) is 11.6. The van der Waals surface area contributed by atoms with Crippen molar-refractivity contribution < 1.29 is 27.6 Å². The largest absolute Gasteiger partial charge is 0.416 e. The summed E-state index contributed by atoms with van der Waals surface area (Å²) in [7, 11) is 0. The number of nitrogens with two attached hydrogens (primary N) is 2. The summed E-state index contributed by atoms with van der Waals surface area (Å²) < 4.78 is 38.0. The lowest BCUT2D eigenvalue weighted by Crippen LogP contribution is -2.29. The van der Waals surface area contributed by atoms with Crippen molar-refractivity contribution in [2.24, 2.45) is 11.5 Å². The van der Waals surface area contributed by atoms with E-state index < -0.39 is 29.6 Å². The van der Waals surface area contributed by atoms with Crippen LogP contribution in [0.3, 0.4) is 0 Å². The van der Waals surface area contributed by atoms with E-state index in [1.54, 1.807) is 0 Å². The lowest BCUT2D eigenvalue weighted by Gasteiger charge is -2.12. The number of benzene rings is 1. The van der Waals surface area contributed by atoms with Crippen LogP contribution in [0.2, 0.25) is 0 Å². The first kappa shape index (κ1) is 20.1. The molecule has 0 aliphatic carbocycles. The van der Waals surface area contributed by atoms with Gasteiger partial charge in [0, 0.05) is 11.6 Å². The van der Waals surface area contributed by atoms with Crippen molar-refractivity contribution in [3.63, 3.8) is 0 Å². The highest BCUT2D eigenvalue weighted by atomic mass is 32.2. The van der Waals surface area contributed by atoms with Gasteiger partial charge in [0.15, 0.2) is 0 Å². The molecule has 1 aromatic carbocycles. The maximum absolute atomic E-state index is 12.7. The van der Waals surface area contributed by atoms with Gasteiger partial charge in [-0.2, -0.15) is 13.2 Å². The lowest BCUT2D eigenvalue weighted by atomic mass is 10.1. The Labute approximate surface area is 144 Å². The number of carbonyl (C=O) groups excluding carboxylic acids is 3. The molecule has 4 amide bonds. The van der Waals surface area contributed by atoms with E-state index in [-0.39, 0.29) is 15.6 Å². The first-order chi connectivity index (χ1) is 11.5. The molecule has 0 saturated heterocycles. The third kappa shape index (κ3) is 6.99. The van der Waals surface area contributed by atoms with Crippen LogP contribution in [0.5, 0.6) is 0 Å². The van der Waals surface area contributed by atoms with Gasteiger partial charge in [-0.15, -0.1) is 0 Å². The van der Waals surface area contributed by atoms with Crippen LogP contribution >= 0.6 is 11.8 Å². The molecular formula is C14H13F3N4O3S. The monoisotopic (exact) mass is 374 g/mol. The van der Waals surface area contributed by atoms with Gasteiger partial charge in [-0.3, -0.25) is 9.59 Å². The number of thioether (sulfide) groups is 1. The van der Waals surface area contributed by atoms with Crippen LogP contribution in [0.15, 0.2) is 47.0 Å². The maximum atomic E-state index is 12.7. The van der Waals surface area contributed by atoms with Crippen LogP contribution in [0.1, 0.15) is 15.9 Å². The van der Waals surface area contributed by atoms with E-state index in [1.807, 2.05) is 0 Å². The third-order valence-electron chi connectivity index (χ3n) is 2.46. The first-order valence-electron chi connectivity index (χ1n) is 6.42. The van der Waals surface area contributed by atoms with Crippen molar-refractivity contribution in [2.45, 2.75) is 6.18 Å². The molecule has 7 nitrogen and oxygen atoms in total. The highest BCUT2D eigenvalue weighted by molar-refractivity contribution is 8.06. The highest BCUT2D eigenvalue weighted by Gasteiger charge is 2.30. The van der Waals surface area contributed by atoms with E-state index in [4.69, 9.17) is 11.5 Å². The number of hydrogen-bond acceptors (Lipinski definition) is 4. The molecule has 0 saturated carbocycles. The van der Waals surface area contributed by atoms with Crippen LogP contribution in [-0.4, -0.2) is 17.8 Å². The third-order valence-corrected chi connectivity index (χ3v) is 3.25. The summed E-state index contributed by atoms with van der Waals surface area (Å²) in [5.74, 6) is -1.76. The zero-order chi connectivity index (χ0) is 19.2. The minimum Gasteiger partial charge on any atom is -0.366 e. The SMILES string of the molecule is C=C(NC(=O)c1cccc(C(F)(F)F)c1)S/C(=C/C(N)=O)NC(N)=O. The van der Waals surface area contributed by atoms with Crippen molar-refractivity contribution in [3.8, 4) is 0 Å². The molecule has 0 atom stereocenters. The molecule has 134 valence electrons. The van der Waals surface area contributed by atoms with Crippen LogP contribution in [0.4, 0.5) is 18.0 Å². The molecular weight excluding hydrogens is 361 g/mol. The van der Waals surface area contributed by atoms with Crippen LogP contribution in [0.25, 0.3) is 0 Å². The second-order valence-corrected chi connectivity index (χ2v) is 5.59. The number of hydrogen-bond donors (Lipinski definition) is 4. The Morgan fingerprint density at radius 1 is 1.16 bits per heavy atom. The van der Waals surface area contributed by atoms with Crippen molar-refractivity contribution >= 4 is 29.6 Å². The number of carbonyl (C=O) groups is 3. The number of nitrogens with one attached hydrogen (secondary N) is 2. The van der Waals surface area contributed by atoms with Gasteiger partial charge >= 0.3 is 12.2 Å². The summed E-state index contributed by atoms with van der Waals surface area (Å²) in [6.45, 7) is 3.47. The molecule has 0 fully saturated rings. The standard InChI is InChI=1S/C14H13F3N4O3S/c1-7(25-11(6-10(18)22)21-13(19)24)20-12(23)8-3-2-4-9(5-8)14(15,16)17/h2-6H,1H2,(H2,18,22)(H,20,23)(H3,19,21,24)/b11-6+. The molecule has 11 heteroatoms. The summed E-state index contributed by atoms with van der Waals surface area (Å²) in [6.07, 6.45) is -3.76. The fourth-order valence-electron chi connectivity index (χ4n) is 1.54. The summed E-state index contributed by atoms with van der Waals surface area (Å²) in [6, 6.07) is 2.78. The van der Waals surface area contributed by atoms with E-state index in [1.165, 1.54) is 6.07 Å². The Bertz CT molecular complexity index is 747. The molecule has 0 bridgehead atoms. The number of amides is 4. The van der Waals surface area contributed by atoms with Crippen LogP contribution in [-0.2, 0) is 11.0 Å². The summed E-state index contributed by atoms with van der Waals surface area (Å²) in [5.41, 5.74) is 8.63. The minimum absolute atomic E-state index is 0.0799. The maximum Gasteiger partial charge on any atom is 0.416 e. The zero-order valence-corrected chi connectivity index (χ0v) is 13.3. The van der Waals surface area contributed by atoms with E-state index in [2.05, 4.69) is 17.2 Å². The van der Waals surface area contributed by atoms with Gasteiger partial charge in [0.1, 0.15) is 0 Å². The molecule has 0 radical (unpaired) electrons. The van der Waals surface area contributed by atoms with Crippen molar-refractivity contribution in [1.82, 2.24) is 10.6 Å². The highest BCUT2D eigenvalue weighted by Crippen LogP contribution is 2.29. The lowest BCUT2D eigenvalue weighted by molar-refractivity contribution is -0.137. The van der Waals surface area contributed by atoms with Gasteiger partial charge < -0.3 is 22.1 Å². The number of alkyl halides is 3. The quantitative estimate of drug-likeness (QED) is 0.564. The predicted octanol–water partition coefficient (Wildman–Crippen LogP) is 1.63. The smallest absolute Gasteiger partial charge is 0.366 e. The molecule has 0 unspecified atom stereocenters. The van der Waals surface area contributed by atoms with Gasteiger partial charge in [0.25, 0.3) is 5.91 Å². The van der Waals surface area contributed by atoms with Crippen LogP contribution in [0, 0.1) is 0 Å². The molecule has 0 aliphatic heterocycles. The summed E-state index contributed by atoms with van der Waals surface area (Å²) in [4.78, 5) is 33.7. The van der Waals surface area contributed by atoms with Crippen molar-refractivity contribution in [1.29, 1.82) is 0 Å².